The number of amides is 2. The molecule has 7 heteroatoms. The van der Waals surface area contributed by atoms with Gasteiger partial charge in [-0.3, -0.25) is 0 Å². The molecule has 1 atom stereocenters. The van der Waals surface area contributed by atoms with Gasteiger partial charge in [0.05, 0.1) is 17.8 Å². The second kappa shape index (κ2) is 7.42. The Labute approximate surface area is 164 Å². The van der Waals surface area contributed by atoms with Crippen molar-refractivity contribution in [1.29, 1.82) is 0 Å². The van der Waals surface area contributed by atoms with Crippen LogP contribution in [0.1, 0.15) is 44.0 Å². The first-order valence-corrected chi connectivity index (χ1v) is 9.59. The monoisotopic (exact) mass is 376 g/mol. The molecule has 0 fully saturated rings. The van der Waals surface area contributed by atoms with Crippen LogP contribution in [0.5, 0.6) is 0 Å². The molecule has 3 aromatic rings. The van der Waals surface area contributed by atoms with E-state index in [2.05, 4.69) is 46.0 Å². The van der Waals surface area contributed by atoms with Crippen molar-refractivity contribution >= 4 is 11.7 Å². The first-order valence-electron chi connectivity index (χ1n) is 9.59. The minimum Gasteiger partial charge on any atom is -0.317 e. The third kappa shape index (κ3) is 3.24. The highest BCUT2D eigenvalue weighted by Crippen LogP contribution is 2.31. The minimum absolute atomic E-state index is 0.0260. The first kappa shape index (κ1) is 18.2. The molecule has 1 aliphatic heterocycles. The third-order valence-corrected chi connectivity index (χ3v) is 5.25. The number of anilines is 1. The van der Waals surface area contributed by atoms with E-state index in [9.17, 15) is 4.79 Å². The summed E-state index contributed by atoms with van der Waals surface area (Å²) in [4.78, 5) is 15.0. The molecule has 1 N–H and O–H groups in total. The number of carbonyl (C=O) groups is 1. The van der Waals surface area contributed by atoms with E-state index in [-0.39, 0.29) is 18.1 Å². The van der Waals surface area contributed by atoms with Crippen molar-refractivity contribution in [1.82, 2.24) is 25.1 Å². The lowest BCUT2D eigenvalue weighted by Gasteiger charge is -2.35. The Hall–Kier alpha value is -3.22. The molecular weight excluding hydrogens is 352 g/mol. The fraction of sp³-hybridized carbons (Fsp3) is 0.333. The van der Waals surface area contributed by atoms with Gasteiger partial charge in [0.15, 0.2) is 5.82 Å². The molecule has 1 aromatic heterocycles. The van der Waals surface area contributed by atoms with Crippen LogP contribution in [0.15, 0.2) is 48.5 Å². The van der Waals surface area contributed by atoms with E-state index in [0.717, 1.165) is 12.0 Å². The van der Waals surface area contributed by atoms with Gasteiger partial charge in [-0.1, -0.05) is 36.4 Å². The molecular formula is C21H24N6O. The summed E-state index contributed by atoms with van der Waals surface area (Å²) in [6, 6.07) is 16.0. The maximum Gasteiger partial charge on any atom is 0.322 e. The highest BCUT2D eigenvalue weighted by atomic mass is 16.2. The third-order valence-electron chi connectivity index (χ3n) is 5.25. The topological polar surface area (TPSA) is 75.9 Å². The molecule has 0 radical (unpaired) electrons. The number of fused-ring (bicyclic) bond motifs is 1. The average molecular weight is 376 g/mol. The van der Waals surface area contributed by atoms with Crippen LogP contribution in [0.2, 0.25) is 0 Å². The summed E-state index contributed by atoms with van der Waals surface area (Å²) in [5.74, 6) is 0.642. The van der Waals surface area contributed by atoms with Crippen LogP contribution in [0, 0.1) is 0 Å². The number of hydrogen-bond donors (Lipinski definition) is 1. The van der Waals surface area contributed by atoms with E-state index in [1.807, 2.05) is 49.1 Å². The Kier molecular flexibility index (Phi) is 4.81. The van der Waals surface area contributed by atoms with E-state index in [0.29, 0.717) is 18.1 Å². The zero-order valence-electron chi connectivity index (χ0n) is 16.3. The van der Waals surface area contributed by atoms with Gasteiger partial charge in [-0.15, -0.1) is 5.10 Å². The predicted molar refractivity (Wildman–Crippen MR) is 108 cm³/mol. The first-order chi connectivity index (χ1) is 13.6. The van der Waals surface area contributed by atoms with Crippen LogP contribution >= 0.6 is 0 Å². The smallest absolute Gasteiger partial charge is 0.317 e. The van der Waals surface area contributed by atoms with Crippen molar-refractivity contribution < 1.29 is 4.79 Å². The molecule has 1 unspecified atom stereocenters. The van der Waals surface area contributed by atoms with Crippen molar-refractivity contribution in [2.45, 2.75) is 39.3 Å². The Balaban J connectivity index is 1.61. The van der Waals surface area contributed by atoms with E-state index in [1.165, 1.54) is 11.1 Å². The number of nitrogens with zero attached hydrogens (tertiary/aromatic N) is 5. The fourth-order valence-electron chi connectivity index (χ4n) is 3.74. The highest BCUT2D eigenvalue weighted by Gasteiger charge is 2.28. The van der Waals surface area contributed by atoms with E-state index >= 15 is 0 Å². The lowest BCUT2D eigenvalue weighted by atomic mass is 9.94. The Bertz CT molecular complexity index is 996. The number of nitrogens with one attached hydrogen (secondary N) is 1. The molecule has 1 aliphatic rings. The van der Waals surface area contributed by atoms with Gasteiger partial charge < -0.3 is 10.2 Å². The highest BCUT2D eigenvalue weighted by molar-refractivity contribution is 5.94. The molecule has 144 valence electrons. The molecule has 7 nitrogen and oxygen atoms in total. The van der Waals surface area contributed by atoms with Crippen LogP contribution in [-0.4, -0.2) is 37.7 Å². The normalized spacial score (nSPS) is 16.1. The second-order valence-electron chi connectivity index (χ2n) is 7.33. The second-order valence-corrected chi connectivity index (χ2v) is 7.33. The van der Waals surface area contributed by atoms with Gasteiger partial charge in [0, 0.05) is 12.1 Å². The average Bonchev–Trinajstić information content (AvgIpc) is 3.19. The van der Waals surface area contributed by atoms with Gasteiger partial charge in [0.1, 0.15) is 0 Å². The lowest BCUT2D eigenvalue weighted by Crippen LogP contribution is -2.41. The summed E-state index contributed by atoms with van der Waals surface area (Å²) in [5.41, 5.74) is 4.03. The molecule has 2 aromatic carbocycles. The number of para-hydroxylation sites is 1. The molecule has 2 amide bonds. The van der Waals surface area contributed by atoms with Gasteiger partial charge >= 0.3 is 6.03 Å². The quantitative estimate of drug-likeness (QED) is 0.747. The van der Waals surface area contributed by atoms with Gasteiger partial charge in [-0.2, -0.15) is 0 Å². The maximum absolute atomic E-state index is 13.1. The Morgan fingerprint density at radius 2 is 1.89 bits per heavy atom. The summed E-state index contributed by atoms with van der Waals surface area (Å²) in [6.45, 7) is 6.81. The van der Waals surface area contributed by atoms with E-state index in [1.54, 1.807) is 4.68 Å². The number of aromatic nitrogens is 4. The number of carbonyl (C=O) groups excluding carboxylic acids is 1. The Morgan fingerprint density at radius 3 is 2.71 bits per heavy atom. The molecule has 0 aliphatic carbocycles. The standard InChI is InChI=1S/C21H24N6O/c1-14(2)27-20(23-24-25-27)18-10-6-7-11-19(18)22-21(28)26-13-12-16-8-4-5-9-17(16)15(26)3/h4-11,14-15H,12-13H2,1-3H3,(H,22,28). The van der Waals surface area contributed by atoms with Gasteiger partial charge in [-0.25, -0.2) is 9.48 Å². The molecule has 0 saturated carbocycles. The van der Waals surface area contributed by atoms with Crippen LogP contribution in [0.3, 0.4) is 0 Å². The summed E-state index contributed by atoms with van der Waals surface area (Å²) in [5, 5.41) is 15.1. The van der Waals surface area contributed by atoms with Crippen molar-refractivity contribution in [2.75, 3.05) is 11.9 Å². The number of benzene rings is 2. The summed E-state index contributed by atoms with van der Waals surface area (Å²) < 4.78 is 1.75. The van der Waals surface area contributed by atoms with E-state index < -0.39 is 0 Å². The molecule has 4 rings (SSSR count). The predicted octanol–water partition coefficient (Wildman–Crippen LogP) is 4.07. The number of rotatable bonds is 3. The number of hydrogen-bond acceptors (Lipinski definition) is 4. The van der Waals surface area contributed by atoms with Crippen molar-refractivity contribution in [3.05, 3.63) is 59.7 Å². The number of urea groups is 1. The van der Waals surface area contributed by atoms with Gasteiger partial charge in [0.25, 0.3) is 0 Å². The summed E-state index contributed by atoms with van der Waals surface area (Å²) in [6.07, 6.45) is 0.862. The lowest BCUT2D eigenvalue weighted by molar-refractivity contribution is 0.188. The minimum atomic E-state index is -0.113. The van der Waals surface area contributed by atoms with Gasteiger partial charge in [-0.05, 0) is 60.9 Å². The number of tetrazole rings is 1. The maximum atomic E-state index is 13.1. The zero-order chi connectivity index (χ0) is 19.7. The Morgan fingerprint density at radius 1 is 1.14 bits per heavy atom. The molecule has 0 bridgehead atoms. The summed E-state index contributed by atoms with van der Waals surface area (Å²) >= 11 is 0. The van der Waals surface area contributed by atoms with Crippen LogP contribution in [0.4, 0.5) is 10.5 Å². The van der Waals surface area contributed by atoms with Crippen molar-refractivity contribution in [2.24, 2.45) is 0 Å². The van der Waals surface area contributed by atoms with Crippen LogP contribution in [-0.2, 0) is 6.42 Å². The van der Waals surface area contributed by atoms with Crippen molar-refractivity contribution in [3.8, 4) is 11.4 Å². The molecule has 28 heavy (non-hydrogen) atoms. The molecule has 0 saturated heterocycles. The zero-order valence-corrected chi connectivity index (χ0v) is 16.3. The van der Waals surface area contributed by atoms with E-state index in [4.69, 9.17) is 0 Å². The summed E-state index contributed by atoms with van der Waals surface area (Å²) in [7, 11) is 0. The SMILES string of the molecule is CC1c2ccccc2CCN1C(=O)Nc1ccccc1-c1nnnn1C(C)C. The van der Waals surface area contributed by atoms with Crippen molar-refractivity contribution in [3.63, 3.8) is 0 Å². The molecule has 2 heterocycles. The van der Waals surface area contributed by atoms with Gasteiger partial charge in [0.2, 0.25) is 0 Å². The van der Waals surface area contributed by atoms with Crippen LogP contribution in [0.25, 0.3) is 11.4 Å². The molecule has 0 spiro atoms. The fourth-order valence-corrected chi connectivity index (χ4v) is 3.74. The largest absolute Gasteiger partial charge is 0.322 e. The van der Waals surface area contributed by atoms with Crippen LogP contribution < -0.4 is 5.32 Å².